The number of benzene rings is 1. The Balaban J connectivity index is 2.56. The molecule has 0 unspecified atom stereocenters. The lowest BCUT2D eigenvalue weighted by Gasteiger charge is -2.03. The summed E-state index contributed by atoms with van der Waals surface area (Å²) in [5.74, 6) is -0.00468. The molecule has 0 aliphatic carbocycles. The van der Waals surface area contributed by atoms with Crippen molar-refractivity contribution in [1.82, 2.24) is 0 Å². The third-order valence-electron chi connectivity index (χ3n) is 2.04. The second-order valence-corrected chi connectivity index (χ2v) is 3.14. The second kappa shape index (κ2) is 2.80. The minimum absolute atomic E-state index is 0.00250. The summed E-state index contributed by atoms with van der Waals surface area (Å²) in [6, 6.07) is 2.47. The molecule has 1 heterocycles. The van der Waals surface area contributed by atoms with E-state index in [0.29, 0.717) is 12.2 Å². The predicted octanol–water partition coefficient (Wildman–Crippen LogP) is 2.55. The molecule has 0 radical (unpaired) electrons. The van der Waals surface area contributed by atoms with Crippen molar-refractivity contribution in [3.63, 3.8) is 0 Å². The van der Waals surface area contributed by atoms with Crippen molar-refractivity contribution in [3.8, 4) is 5.75 Å². The summed E-state index contributed by atoms with van der Waals surface area (Å²) in [4.78, 5) is 10.3. The van der Waals surface area contributed by atoms with Crippen LogP contribution in [-0.2, 0) is 6.42 Å². The molecule has 0 saturated heterocycles. The molecule has 13 heavy (non-hydrogen) atoms. The molecule has 0 spiro atoms. The quantitative estimate of drug-likeness (QED) is 0.624. The van der Waals surface area contributed by atoms with Crippen LogP contribution >= 0.6 is 0 Å². The zero-order valence-electron chi connectivity index (χ0n) is 7.08. The van der Waals surface area contributed by atoms with Gasteiger partial charge in [-0.2, -0.15) is 0 Å². The first-order valence-corrected chi connectivity index (χ1v) is 4.03. The summed E-state index contributed by atoms with van der Waals surface area (Å²) >= 11 is 0. The molecule has 1 aliphatic heterocycles. The lowest BCUT2D eigenvalue weighted by Crippen LogP contribution is -2.05. The van der Waals surface area contributed by atoms with Crippen molar-refractivity contribution in [1.29, 1.82) is 0 Å². The van der Waals surface area contributed by atoms with Gasteiger partial charge in [0.15, 0.2) is 11.4 Å². The number of halogens is 1. The van der Waals surface area contributed by atoms with Gasteiger partial charge < -0.3 is 4.74 Å². The number of rotatable bonds is 1. The number of nitroso groups, excluding NO2 is 1. The normalized spacial score (nSPS) is 19.4. The van der Waals surface area contributed by atoms with Crippen molar-refractivity contribution in [3.05, 3.63) is 28.4 Å². The van der Waals surface area contributed by atoms with Gasteiger partial charge in [0.2, 0.25) is 0 Å². The fraction of sp³-hybridized carbons (Fsp3) is 0.333. The van der Waals surface area contributed by atoms with Crippen LogP contribution in [0.4, 0.5) is 10.1 Å². The Morgan fingerprint density at radius 2 is 2.38 bits per heavy atom. The number of fused-ring (bicyclic) bond motifs is 1. The summed E-state index contributed by atoms with van der Waals surface area (Å²) in [5, 5.41) is 2.72. The molecule has 1 atom stereocenters. The molecule has 0 bridgehead atoms. The minimum Gasteiger partial charge on any atom is -0.488 e. The van der Waals surface area contributed by atoms with Crippen molar-refractivity contribution in [2.45, 2.75) is 19.4 Å². The molecular formula is C9H8FNO2. The Morgan fingerprint density at radius 1 is 1.62 bits per heavy atom. The van der Waals surface area contributed by atoms with Gasteiger partial charge in [-0.1, -0.05) is 0 Å². The van der Waals surface area contributed by atoms with Crippen LogP contribution in [0.1, 0.15) is 12.5 Å². The Hall–Kier alpha value is -1.45. The average molecular weight is 181 g/mol. The Kier molecular flexibility index (Phi) is 1.76. The van der Waals surface area contributed by atoms with Gasteiger partial charge in [-0.25, -0.2) is 4.39 Å². The van der Waals surface area contributed by atoms with Crippen LogP contribution in [0.25, 0.3) is 0 Å². The number of nitrogens with zero attached hydrogens (tertiary/aromatic N) is 1. The van der Waals surface area contributed by atoms with Crippen LogP contribution in [-0.4, -0.2) is 6.10 Å². The first-order valence-electron chi connectivity index (χ1n) is 4.03. The van der Waals surface area contributed by atoms with E-state index in [0.717, 1.165) is 11.6 Å². The van der Waals surface area contributed by atoms with Gasteiger partial charge in [0, 0.05) is 18.1 Å². The highest BCUT2D eigenvalue weighted by Crippen LogP contribution is 2.38. The third-order valence-corrected chi connectivity index (χ3v) is 2.04. The maximum Gasteiger partial charge on any atom is 0.153 e. The zero-order chi connectivity index (χ0) is 9.42. The molecule has 2 rings (SSSR count). The van der Waals surface area contributed by atoms with Gasteiger partial charge in [0.05, 0.1) is 0 Å². The summed E-state index contributed by atoms with van der Waals surface area (Å²) in [6.45, 7) is 1.87. The Morgan fingerprint density at radius 3 is 3.08 bits per heavy atom. The molecule has 0 aromatic heterocycles. The zero-order valence-corrected chi connectivity index (χ0v) is 7.08. The monoisotopic (exact) mass is 181 g/mol. The molecule has 0 saturated carbocycles. The van der Waals surface area contributed by atoms with Crippen molar-refractivity contribution < 1.29 is 9.13 Å². The van der Waals surface area contributed by atoms with E-state index in [1.165, 1.54) is 6.07 Å². The summed E-state index contributed by atoms with van der Waals surface area (Å²) in [6.07, 6.45) is 0.632. The maximum atomic E-state index is 12.9. The van der Waals surface area contributed by atoms with Gasteiger partial charge in [0.1, 0.15) is 11.9 Å². The highest BCUT2D eigenvalue weighted by Gasteiger charge is 2.23. The molecule has 68 valence electrons. The first kappa shape index (κ1) is 8.16. The van der Waals surface area contributed by atoms with E-state index in [4.69, 9.17) is 4.74 Å². The smallest absolute Gasteiger partial charge is 0.153 e. The van der Waals surface area contributed by atoms with Crippen LogP contribution < -0.4 is 4.74 Å². The fourth-order valence-electron chi connectivity index (χ4n) is 1.54. The summed E-state index contributed by atoms with van der Waals surface area (Å²) < 4.78 is 18.2. The van der Waals surface area contributed by atoms with Crippen LogP contribution in [0.5, 0.6) is 5.75 Å². The number of hydrogen-bond acceptors (Lipinski definition) is 3. The molecule has 0 amide bonds. The van der Waals surface area contributed by atoms with E-state index < -0.39 is 5.82 Å². The highest BCUT2D eigenvalue weighted by molar-refractivity contribution is 5.58. The molecule has 0 N–H and O–H groups in total. The van der Waals surface area contributed by atoms with Crippen LogP contribution in [0.2, 0.25) is 0 Å². The van der Waals surface area contributed by atoms with E-state index in [9.17, 15) is 9.30 Å². The fourth-order valence-corrected chi connectivity index (χ4v) is 1.54. The number of ether oxygens (including phenoxy) is 1. The highest BCUT2D eigenvalue weighted by atomic mass is 19.1. The largest absolute Gasteiger partial charge is 0.488 e. The van der Waals surface area contributed by atoms with Crippen molar-refractivity contribution >= 4 is 5.69 Å². The van der Waals surface area contributed by atoms with Gasteiger partial charge >= 0.3 is 0 Å². The lowest BCUT2D eigenvalue weighted by molar-refractivity contribution is 0.255. The van der Waals surface area contributed by atoms with E-state index in [1.54, 1.807) is 0 Å². The summed E-state index contributed by atoms with van der Waals surface area (Å²) in [7, 11) is 0. The number of hydrogen-bond donors (Lipinski definition) is 0. The Bertz CT molecular complexity index is 365. The first-order chi connectivity index (χ1) is 6.20. The van der Waals surface area contributed by atoms with E-state index in [2.05, 4.69) is 5.18 Å². The van der Waals surface area contributed by atoms with Crippen molar-refractivity contribution in [2.24, 2.45) is 5.18 Å². The van der Waals surface area contributed by atoms with Crippen LogP contribution in [0.3, 0.4) is 0 Å². The molecule has 1 aromatic rings. The summed E-state index contributed by atoms with van der Waals surface area (Å²) in [5.41, 5.74) is 0.779. The SMILES string of the molecule is C[C@@H]1Cc2cc(F)cc(N=O)c2O1. The second-order valence-electron chi connectivity index (χ2n) is 3.14. The maximum absolute atomic E-state index is 12.9. The lowest BCUT2D eigenvalue weighted by atomic mass is 10.1. The van der Waals surface area contributed by atoms with Gasteiger partial charge in [-0.05, 0) is 18.2 Å². The van der Waals surface area contributed by atoms with E-state index >= 15 is 0 Å². The molecular weight excluding hydrogens is 173 g/mol. The molecule has 3 nitrogen and oxygen atoms in total. The van der Waals surface area contributed by atoms with Crippen molar-refractivity contribution in [2.75, 3.05) is 0 Å². The van der Waals surface area contributed by atoms with Crippen LogP contribution in [0.15, 0.2) is 17.3 Å². The minimum atomic E-state index is -0.439. The average Bonchev–Trinajstić information content (AvgIpc) is 2.43. The molecule has 4 heteroatoms. The van der Waals surface area contributed by atoms with Gasteiger partial charge in [-0.3, -0.25) is 0 Å². The van der Waals surface area contributed by atoms with Crippen LogP contribution in [0, 0.1) is 10.7 Å². The topological polar surface area (TPSA) is 38.7 Å². The van der Waals surface area contributed by atoms with Gasteiger partial charge in [-0.15, -0.1) is 4.91 Å². The van der Waals surface area contributed by atoms with E-state index in [1.807, 2.05) is 6.92 Å². The van der Waals surface area contributed by atoms with E-state index in [-0.39, 0.29) is 11.8 Å². The molecule has 1 aromatic carbocycles. The van der Waals surface area contributed by atoms with Gasteiger partial charge in [0.25, 0.3) is 0 Å². The molecule has 0 fully saturated rings. The standard InChI is InChI=1S/C9H8FNO2/c1-5-2-6-3-7(10)4-8(11-12)9(6)13-5/h3-5H,2H2,1H3/t5-/m1/s1. The third kappa shape index (κ3) is 1.28. The predicted molar refractivity (Wildman–Crippen MR) is 45.6 cm³/mol. The Labute approximate surface area is 74.5 Å². The molecule has 1 aliphatic rings.